The van der Waals surface area contributed by atoms with E-state index in [1.54, 1.807) is 23.0 Å². The lowest BCUT2D eigenvalue weighted by molar-refractivity contribution is -0.120. The molecule has 1 fully saturated rings. The first-order valence-electron chi connectivity index (χ1n) is 8.30. The number of piperidine rings is 1. The molecule has 0 aliphatic carbocycles. The summed E-state index contributed by atoms with van der Waals surface area (Å²) in [4.78, 5) is 30.3. The van der Waals surface area contributed by atoms with Gasteiger partial charge in [-0.15, -0.1) is 24.2 Å². The number of hydrogen-bond donors (Lipinski definition) is 2. The van der Waals surface area contributed by atoms with E-state index in [1.165, 1.54) is 4.91 Å². The van der Waals surface area contributed by atoms with Gasteiger partial charge in [-0.2, -0.15) is 0 Å². The lowest BCUT2D eigenvalue weighted by Crippen LogP contribution is -2.52. The Morgan fingerprint density at radius 3 is 3.00 bits per heavy atom. The van der Waals surface area contributed by atoms with Gasteiger partial charge in [-0.3, -0.25) is 9.79 Å². The van der Waals surface area contributed by atoms with Crippen LogP contribution in [0.4, 0.5) is 0 Å². The molecule has 0 spiro atoms. The minimum atomic E-state index is -0.0840. The van der Waals surface area contributed by atoms with Gasteiger partial charge in [0, 0.05) is 54.0 Å². The Hall–Kier alpha value is -1.90. The summed E-state index contributed by atoms with van der Waals surface area (Å²) in [6.45, 7) is 3.45. The standard InChI is InChI=1S/C17H20N6OS.ClH/c1-10-6-23(9-24)7-12(18)15(10)13-4-19-5-14(25-13)16-11-2-3-20-17(11)22-8-21-16;/h2-5,8-10,12,14-15H,6-7,18H2,1H3,(H,20,21,22);1H/t10-,12+,14?,15?;/m1./s1. The van der Waals surface area contributed by atoms with Gasteiger partial charge in [0.25, 0.3) is 0 Å². The van der Waals surface area contributed by atoms with Crippen molar-refractivity contribution < 1.29 is 4.79 Å². The summed E-state index contributed by atoms with van der Waals surface area (Å²) < 4.78 is 0. The summed E-state index contributed by atoms with van der Waals surface area (Å²) >= 11 is 1.75. The molecule has 0 saturated carbocycles. The molecule has 0 aromatic carbocycles. The highest BCUT2D eigenvalue weighted by Crippen LogP contribution is 2.44. The summed E-state index contributed by atoms with van der Waals surface area (Å²) in [5.74, 6) is 0.490. The van der Waals surface area contributed by atoms with E-state index in [4.69, 9.17) is 5.73 Å². The number of halogens is 1. The number of nitrogens with two attached hydrogens (primary N) is 1. The number of thioether (sulfide) groups is 1. The number of rotatable bonds is 3. The van der Waals surface area contributed by atoms with Crippen molar-refractivity contribution in [1.29, 1.82) is 0 Å². The molecule has 2 aliphatic rings. The number of aliphatic imine (C=N–C) groups is 1. The van der Waals surface area contributed by atoms with Gasteiger partial charge < -0.3 is 15.6 Å². The predicted molar refractivity (Wildman–Crippen MR) is 106 cm³/mol. The van der Waals surface area contributed by atoms with Crippen molar-refractivity contribution in [2.24, 2.45) is 22.6 Å². The number of likely N-dealkylation sites (tertiary alicyclic amines) is 1. The third-order valence-electron chi connectivity index (χ3n) is 4.86. The van der Waals surface area contributed by atoms with Gasteiger partial charge >= 0.3 is 0 Å². The molecule has 4 atom stereocenters. The number of aromatic amines is 1. The van der Waals surface area contributed by atoms with Gasteiger partial charge in [0.1, 0.15) is 12.0 Å². The van der Waals surface area contributed by atoms with E-state index >= 15 is 0 Å². The van der Waals surface area contributed by atoms with E-state index in [0.717, 1.165) is 29.7 Å². The van der Waals surface area contributed by atoms with Gasteiger partial charge in [-0.25, -0.2) is 9.97 Å². The van der Waals surface area contributed by atoms with Crippen LogP contribution in [0.15, 0.2) is 34.7 Å². The molecule has 1 amide bonds. The summed E-state index contributed by atoms with van der Waals surface area (Å²) in [5.41, 5.74) is 8.18. The summed E-state index contributed by atoms with van der Waals surface area (Å²) in [6.07, 6.45) is 8.17. The first kappa shape index (κ1) is 18.9. The molecular weight excluding hydrogens is 372 g/mol. The maximum absolute atomic E-state index is 11.1. The SMILES string of the molecule is C[C@@H]1CN(C=O)C[C@H](N)C1C1=CN=CC(c2ncnc3[nH]ccc23)S1.Cl. The zero-order chi connectivity index (χ0) is 17.4. The number of H-pyrrole nitrogens is 1. The molecule has 9 heteroatoms. The summed E-state index contributed by atoms with van der Waals surface area (Å²) in [5, 5.41) is 1.05. The molecule has 4 rings (SSSR count). The van der Waals surface area contributed by atoms with Crippen LogP contribution in [0.5, 0.6) is 0 Å². The Labute approximate surface area is 162 Å². The first-order valence-corrected chi connectivity index (χ1v) is 9.18. The van der Waals surface area contributed by atoms with Crippen LogP contribution in [0, 0.1) is 11.8 Å². The van der Waals surface area contributed by atoms with Crippen molar-refractivity contribution >= 4 is 47.8 Å². The molecule has 3 N–H and O–H groups in total. The van der Waals surface area contributed by atoms with Crippen LogP contribution >= 0.6 is 24.2 Å². The molecular formula is C17H21ClN6OS. The van der Waals surface area contributed by atoms with Gasteiger partial charge in [0.05, 0.1) is 10.9 Å². The van der Waals surface area contributed by atoms with Gasteiger partial charge in [0.2, 0.25) is 6.41 Å². The van der Waals surface area contributed by atoms with Crippen molar-refractivity contribution in [1.82, 2.24) is 19.9 Å². The smallest absolute Gasteiger partial charge is 0.209 e. The van der Waals surface area contributed by atoms with Crippen molar-refractivity contribution in [3.63, 3.8) is 0 Å². The van der Waals surface area contributed by atoms with Crippen molar-refractivity contribution in [3.8, 4) is 0 Å². The van der Waals surface area contributed by atoms with Crippen molar-refractivity contribution in [2.45, 2.75) is 18.2 Å². The second-order valence-electron chi connectivity index (χ2n) is 6.59. The van der Waals surface area contributed by atoms with E-state index in [2.05, 4.69) is 26.9 Å². The van der Waals surface area contributed by atoms with Gasteiger partial charge in [-0.05, 0) is 12.0 Å². The van der Waals surface area contributed by atoms with Crippen molar-refractivity contribution in [2.75, 3.05) is 13.1 Å². The number of hydrogen-bond acceptors (Lipinski definition) is 6. The summed E-state index contributed by atoms with van der Waals surface area (Å²) in [6, 6.07) is 1.91. The average Bonchev–Trinajstić information content (AvgIpc) is 3.10. The molecule has 2 unspecified atom stereocenters. The van der Waals surface area contributed by atoms with Crippen LogP contribution in [-0.2, 0) is 4.79 Å². The second-order valence-corrected chi connectivity index (χ2v) is 7.81. The lowest BCUT2D eigenvalue weighted by Gasteiger charge is -2.41. The van der Waals surface area contributed by atoms with E-state index in [-0.39, 0.29) is 29.6 Å². The average molecular weight is 393 g/mol. The Morgan fingerprint density at radius 2 is 2.23 bits per heavy atom. The molecule has 26 heavy (non-hydrogen) atoms. The Kier molecular flexibility index (Phi) is 5.64. The lowest BCUT2D eigenvalue weighted by atomic mass is 9.83. The fourth-order valence-electron chi connectivity index (χ4n) is 3.75. The molecule has 138 valence electrons. The Balaban J connectivity index is 0.00000196. The third-order valence-corrected chi connectivity index (χ3v) is 6.11. The van der Waals surface area contributed by atoms with Crippen LogP contribution in [0.3, 0.4) is 0 Å². The maximum Gasteiger partial charge on any atom is 0.209 e. The quantitative estimate of drug-likeness (QED) is 0.779. The number of carbonyl (C=O) groups is 1. The van der Waals surface area contributed by atoms with Crippen LogP contribution in [-0.4, -0.2) is 51.6 Å². The molecule has 1 saturated heterocycles. The number of aromatic nitrogens is 3. The molecule has 7 nitrogen and oxygen atoms in total. The normalized spacial score (nSPS) is 28.5. The zero-order valence-electron chi connectivity index (χ0n) is 14.3. The highest BCUT2D eigenvalue weighted by molar-refractivity contribution is 8.03. The van der Waals surface area contributed by atoms with Gasteiger partial charge in [-0.1, -0.05) is 6.92 Å². The van der Waals surface area contributed by atoms with E-state index in [9.17, 15) is 4.79 Å². The van der Waals surface area contributed by atoms with Gasteiger partial charge in [0.15, 0.2) is 0 Å². The summed E-state index contributed by atoms with van der Waals surface area (Å²) in [7, 11) is 0. The minimum Gasteiger partial charge on any atom is -0.346 e. The highest BCUT2D eigenvalue weighted by atomic mass is 35.5. The predicted octanol–water partition coefficient (Wildman–Crippen LogP) is 2.13. The molecule has 4 heterocycles. The number of nitrogens with one attached hydrogen (secondary N) is 1. The molecule has 0 bridgehead atoms. The van der Waals surface area contributed by atoms with Crippen LogP contribution < -0.4 is 5.73 Å². The van der Waals surface area contributed by atoms with Crippen molar-refractivity contribution in [3.05, 3.63) is 35.4 Å². The molecule has 2 aliphatic heterocycles. The first-order chi connectivity index (χ1) is 12.2. The fraction of sp³-hybridized carbons (Fsp3) is 0.412. The van der Waals surface area contributed by atoms with Crippen LogP contribution in [0.1, 0.15) is 17.9 Å². The number of amides is 1. The van der Waals surface area contributed by atoms with E-state index < -0.39 is 0 Å². The number of nitrogens with zero attached hydrogens (tertiary/aromatic N) is 4. The molecule has 2 aromatic rings. The van der Waals surface area contributed by atoms with Crippen LogP contribution in [0.25, 0.3) is 11.0 Å². The Bertz CT molecular complexity index is 841. The van der Waals surface area contributed by atoms with E-state index in [0.29, 0.717) is 12.5 Å². The van der Waals surface area contributed by atoms with Crippen LogP contribution in [0.2, 0.25) is 0 Å². The Morgan fingerprint density at radius 1 is 1.38 bits per heavy atom. The molecule has 2 aromatic heterocycles. The topological polar surface area (TPSA) is 100 Å². The number of carbonyl (C=O) groups excluding carboxylic acids is 1. The maximum atomic E-state index is 11.1. The fourth-order valence-corrected chi connectivity index (χ4v) is 5.16. The van der Waals surface area contributed by atoms with E-state index in [1.807, 2.05) is 24.7 Å². The largest absolute Gasteiger partial charge is 0.346 e. The minimum absolute atomic E-state index is 0. The second kappa shape index (κ2) is 7.77. The zero-order valence-corrected chi connectivity index (χ0v) is 15.9. The highest BCUT2D eigenvalue weighted by Gasteiger charge is 2.36. The number of fused-ring (bicyclic) bond motifs is 1. The third kappa shape index (κ3) is 3.36. The monoisotopic (exact) mass is 392 g/mol. The molecule has 0 radical (unpaired) electrons.